The molecule has 1 unspecified atom stereocenters. The SMILES string of the molecule is [O-][NH+](O)CCc1ccc(O[C@H]2O[C@@H](CO[C@@H]3O[C@H](CO)[C@H](O)[C@@H]3O)[C@H](O)[C@@H](O)[C@@H]2O)cc1. The van der Waals surface area contributed by atoms with Crippen LogP contribution in [0.25, 0.3) is 0 Å². The van der Waals surface area contributed by atoms with Gasteiger partial charge in [-0.25, -0.2) is 10.4 Å². The quantitative estimate of drug-likeness (QED) is 0.164. The lowest BCUT2D eigenvalue weighted by Gasteiger charge is -2.40. The number of aliphatic hydroxyl groups is 6. The van der Waals surface area contributed by atoms with Crippen molar-refractivity contribution in [2.75, 3.05) is 19.8 Å². The van der Waals surface area contributed by atoms with Gasteiger partial charge in [0.15, 0.2) is 6.29 Å². The van der Waals surface area contributed by atoms with Crippen molar-refractivity contribution in [1.82, 2.24) is 0 Å². The van der Waals surface area contributed by atoms with Crippen molar-refractivity contribution in [2.45, 2.75) is 61.7 Å². The largest absolute Gasteiger partial charge is 0.600 e. The van der Waals surface area contributed by atoms with E-state index in [2.05, 4.69) is 0 Å². The topological polar surface area (TPSA) is 206 Å². The van der Waals surface area contributed by atoms with Gasteiger partial charge in [-0.15, -0.1) is 0 Å². The first-order chi connectivity index (χ1) is 15.2. The fourth-order valence-electron chi connectivity index (χ4n) is 3.46. The molecular formula is C19H29NO12. The summed E-state index contributed by atoms with van der Waals surface area (Å²) in [6.07, 6.45) is -12.1. The van der Waals surface area contributed by atoms with Crippen molar-refractivity contribution >= 4 is 0 Å². The lowest BCUT2D eigenvalue weighted by atomic mass is 9.99. The third-order valence-electron chi connectivity index (χ3n) is 5.39. The van der Waals surface area contributed by atoms with E-state index < -0.39 is 67.1 Å². The van der Waals surface area contributed by atoms with Crippen molar-refractivity contribution in [3.63, 3.8) is 0 Å². The number of benzene rings is 1. The Bertz CT molecular complexity index is 706. The van der Waals surface area contributed by atoms with Crippen LogP contribution in [0.15, 0.2) is 24.3 Å². The van der Waals surface area contributed by atoms with Gasteiger partial charge in [0, 0.05) is 6.42 Å². The number of aliphatic hydroxyl groups excluding tert-OH is 6. The number of hydroxylamine groups is 2. The monoisotopic (exact) mass is 463 g/mol. The Morgan fingerprint density at radius 2 is 1.44 bits per heavy atom. The van der Waals surface area contributed by atoms with Crippen molar-refractivity contribution in [2.24, 2.45) is 0 Å². The molecule has 2 aliphatic rings. The van der Waals surface area contributed by atoms with Gasteiger partial charge in [-0.1, -0.05) is 12.1 Å². The molecule has 8 N–H and O–H groups in total. The van der Waals surface area contributed by atoms with Crippen LogP contribution in [-0.2, 0) is 20.6 Å². The van der Waals surface area contributed by atoms with Crippen LogP contribution in [0.1, 0.15) is 5.56 Å². The van der Waals surface area contributed by atoms with Crippen molar-refractivity contribution < 1.29 is 60.0 Å². The highest BCUT2D eigenvalue weighted by molar-refractivity contribution is 5.27. The highest BCUT2D eigenvalue weighted by Gasteiger charge is 2.47. The Morgan fingerprint density at radius 1 is 0.844 bits per heavy atom. The van der Waals surface area contributed by atoms with E-state index in [1.807, 2.05) is 0 Å². The number of quaternary nitrogens is 1. The van der Waals surface area contributed by atoms with Crippen LogP contribution in [0.2, 0.25) is 0 Å². The van der Waals surface area contributed by atoms with Gasteiger partial charge in [0.2, 0.25) is 6.29 Å². The summed E-state index contributed by atoms with van der Waals surface area (Å²) in [7, 11) is 0. The molecule has 13 heteroatoms. The summed E-state index contributed by atoms with van der Waals surface area (Å²) in [4.78, 5) is 0. The molecule has 0 bridgehead atoms. The molecule has 1 aromatic rings. The molecule has 0 aliphatic carbocycles. The Morgan fingerprint density at radius 3 is 2.03 bits per heavy atom. The lowest BCUT2D eigenvalue weighted by Crippen LogP contribution is -3.04. The Balaban J connectivity index is 1.58. The van der Waals surface area contributed by atoms with Crippen LogP contribution in [0.5, 0.6) is 5.75 Å². The summed E-state index contributed by atoms with van der Waals surface area (Å²) < 4.78 is 21.6. The standard InChI is InChI=1S/C19H29NO12/c21-7-11-13(22)16(25)18(31-11)29-8-12-14(23)15(24)17(26)19(32-12)30-10-3-1-9(2-4-10)5-6-20(27)28/h1-4,11-27H,5-8H2/t11-,12+,13+,14+,15-,16+,17+,18-,19+/m1/s1. The average molecular weight is 463 g/mol. The number of ether oxygens (including phenoxy) is 4. The maximum atomic E-state index is 10.7. The second kappa shape index (κ2) is 11.1. The van der Waals surface area contributed by atoms with E-state index in [4.69, 9.17) is 29.3 Å². The van der Waals surface area contributed by atoms with Crippen molar-refractivity contribution in [3.05, 3.63) is 35.0 Å². The summed E-state index contributed by atoms with van der Waals surface area (Å²) in [6.45, 7) is -0.937. The molecule has 0 radical (unpaired) electrons. The van der Waals surface area contributed by atoms with Crippen molar-refractivity contribution in [3.8, 4) is 5.75 Å². The first kappa shape index (κ1) is 25.2. The van der Waals surface area contributed by atoms with Gasteiger partial charge in [0.05, 0.1) is 13.2 Å². The molecule has 0 saturated carbocycles. The zero-order chi connectivity index (χ0) is 23.4. The Kier molecular flexibility index (Phi) is 8.74. The maximum absolute atomic E-state index is 10.7. The molecule has 2 saturated heterocycles. The van der Waals surface area contributed by atoms with Crippen LogP contribution >= 0.6 is 0 Å². The molecule has 182 valence electrons. The van der Waals surface area contributed by atoms with Crippen molar-refractivity contribution in [1.29, 1.82) is 0 Å². The third kappa shape index (κ3) is 5.91. The third-order valence-corrected chi connectivity index (χ3v) is 5.39. The smallest absolute Gasteiger partial charge is 0.229 e. The van der Waals surface area contributed by atoms with Gasteiger partial charge in [-0.05, 0) is 17.7 Å². The number of hydrogen-bond donors (Lipinski definition) is 8. The predicted molar refractivity (Wildman–Crippen MR) is 102 cm³/mol. The molecule has 1 aromatic carbocycles. The van der Waals surface area contributed by atoms with Gasteiger partial charge in [-0.3, -0.25) is 0 Å². The molecule has 10 atom stereocenters. The fourth-order valence-corrected chi connectivity index (χ4v) is 3.46. The highest BCUT2D eigenvalue weighted by Crippen LogP contribution is 2.27. The molecular weight excluding hydrogens is 434 g/mol. The molecule has 32 heavy (non-hydrogen) atoms. The Labute approximate surface area is 183 Å². The average Bonchev–Trinajstić information content (AvgIpc) is 3.06. The molecule has 0 spiro atoms. The van der Waals surface area contributed by atoms with Gasteiger partial charge in [0.1, 0.15) is 55.0 Å². The maximum Gasteiger partial charge on any atom is 0.229 e. The van der Waals surface area contributed by atoms with E-state index in [0.717, 1.165) is 5.56 Å². The van der Waals surface area contributed by atoms with Crippen LogP contribution in [0.4, 0.5) is 0 Å². The number of hydrogen-bond acceptors (Lipinski definition) is 12. The highest BCUT2D eigenvalue weighted by atomic mass is 16.8. The van der Waals surface area contributed by atoms with Gasteiger partial charge in [-0.2, -0.15) is 0 Å². The van der Waals surface area contributed by atoms with Crippen LogP contribution in [0, 0.1) is 5.21 Å². The summed E-state index contributed by atoms with van der Waals surface area (Å²) in [6, 6.07) is 6.41. The van der Waals surface area contributed by atoms with Crippen LogP contribution < -0.4 is 9.96 Å². The molecule has 2 aliphatic heterocycles. The summed E-state index contributed by atoms with van der Waals surface area (Å²) in [5.74, 6) is 0.278. The minimum atomic E-state index is -1.62. The molecule has 3 rings (SSSR count). The van der Waals surface area contributed by atoms with E-state index >= 15 is 0 Å². The van der Waals surface area contributed by atoms with Crippen LogP contribution in [0.3, 0.4) is 0 Å². The predicted octanol–water partition coefficient (Wildman–Crippen LogP) is -4.36. The summed E-state index contributed by atoms with van der Waals surface area (Å²) >= 11 is 0. The summed E-state index contributed by atoms with van der Waals surface area (Å²) in [5, 5.41) is 77.9. The zero-order valence-electron chi connectivity index (χ0n) is 17.0. The minimum absolute atomic E-state index is 0.0219. The van der Waals surface area contributed by atoms with E-state index in [1.54, 1.807) is 24.3 Å². The normalized spacial score (nSPS) is 38.6. The second-order valence-corrected chi connectivity index (χ2v) is 7.71. The Hall–Kier alpha value is -1.46. The van der Waals surface area contributed by atoms with E-state index in [1.165, 1.54) is 0 Å². The number of rotatable bonds is 9. The first-order valence-electron chi connectivity index (χ1n) is 10.1. The fraction of sp³-hybridized carbons (Fsp3) is 0.684. The second-order valence-electron chi connectivity index (χ2n) is 7.71. The minimum Gasteiger partial charge on any atom is -0.600 e. The molecule has 2 fully saturated rings. The van der Waals surface area contributed by atoms with E-state index in [0.29, 0.717) is 6.42 Å². The number of nitrogens with one attached hydrogen (secondary N) is 1. The van der Waals surface area contributed by atoms with Gasteiger partial charge < -0.3 is 54.8 Å². The molecule has 0 amide bonds. The van der Waals surface area contributed by atoms with E-state index in [-0.39, 0.29) is 18.9 Å². The van der Waals surface area contributed by atoms with Gasteiger partial charge in [0.25, 0.3) is 0 Å². The molecule has 13 nitrogen and oxygen atoms in total. The first-order valence-corrected chi connectivity index (χ1v) is 10.1. The molecule has 2 heterocycles. The summed E-state index contributed by atoms with van der Waals surface area (Å²) in [5.41, 5.74) is 0.769. The van der Waals surface area contributed by atoms with Crippen LogP contribution in [-0.4, -0.2) is 111 Å². The van der Waals surface area contributed by atoms with Gasteiger partial charge >= 0.3 is 0 Å². The molecule has 0 aromatic heterocycles. The van der Waals surface area contributed by atoms with E-state index in [9.17, 15) is 30.7 Å². The zero-order valence-corrected chi connectivity index (χ0v) is 17.0. The lowest BCUT2D eigenvalue weighted by molar-refractivity contribution is -1.05.